The molecule has 1 unspecified atom stereocenters. The number of sulfonamides is 1. The van der Waals surface area contributed by atoms with Crippen molar-refractivity contribution in [3.05, 3.63) is 24.0 Å². The van der Waals surface area contributed by atoms with Crippen molar-refractivity contribution in [1.29, 1.82) is 0 Å². The fraction of sp³-hybridized carbons (Fsp3) is 0.538. The molecule has 5 nitrogen and oxygen atoms in total. The number of benzene rings is 1. The molecule has 0 saturated carbocycles. The molecular formula is C13H18FN3O2S. The van der Waals surface area contributed by atoms with Gasteiger partial charge in [-0.05, 0) is 31.5 Å². The van der Waals surface area contributed by atoms with Gasteiger partial charge in [-0.1, -0.05) is 6.07 Å². The van der Waals surface area contributed by atoms with Crippen molar-refractivity contribution in [2.75, 3.05) is 31.9 Å². The molecule has 0 aromatic heterocycles. The number of nitrogen functional groups attached to an aromatic ring is 1. The summed E-state index contributed by atoms with van der Waals surface area (Å²) in [6, 6.07) is 4.22. The SMILES string of the molecule is Nc1cccc(F)c1S(=O)(=O)N1CCN2CCCC2C1. The quantitative estimate of drug-likeness (QED) is 0.823. The maximum atomic E-state index is 13.9. The molecule has 20 heavy (non-hydrogen) atoms. The van der Waals surface area contributed by atoms with E-state index in [1.807, 2.05) is 0 Å². The number of fused-ring (bicyclic) bond motifs is 1. The second-order valence-electron chi connectivity index (χ2n) is 5.35. The molecule has 110 valence electrons. The first kappa shape index (κ1) is 13.8. The number of rotatable bonds is 2. The zero-order valence-electron chi connectivity index (χ0n) is 11.1. The van der Waals surface area contributed by atoms with Gasteiger partial charge in [0.25, 0.3) is 0 Å². The first-order valence-electron chi connectivity index (χ1n) is 6.78. The number of piperazine rings is 1. The third kappa shape index (κ3) is 2.19. The van der Waals surface area contributed by atoms with E-state index < -0.39 is 15.8 Å². The minimum atomic E-state index is -3.86. The van der Waals surface area contributed by atoms with Crippen molar-refractivity contribution >= 4 is 15.7 Å². The maximum Gasteiger partial charge on any atom is 0.248 e. The van der Waals surface area contributed by atoms with Gasteiger partial charge in [0.15, 0.2) is 0 Å². The highest BCUT2D eigenvalue weighted by Gasteiger charge is 2.37. The molecule has 1 aromatic carbocycles. The Kier molecular flexibility index (Phi) is 3.43. The molecule has 3 rings (SSSR count). The zero-order valence-corrected chi connectivity index (χ0v) is 11.9. The lowest BCUT2D eigenvalue weighted by molar-refractivity contribution is 0.158. The van der Waals surface area contributed by atoms with Gasteiger partial charge in [-0.3, -0.25) is 4.90 Å². The van der Waals surface area contributed by atoms with Gasteiger partial charge < -0.3 is 5.73 Å². The van der Waals surface area contributed by atoms with Crippen molar-refractivity contribution in [2.45, 2.75) is 23.8 Å². The lowest BCUT2D eigenvalue weighted by Crippen LogP contribution is -2.52. The summed E-state index contributed by atoms with van der Waals surface area (Å²) in [7, 11) is -3.86. The van der Waals surface area contributed by atoms with Crippen LogP contribution in [0.2, 0.25) is 0 Å². The Labute approximate surface area is 118 Å². The molecule has 2 aliphatic rings. The average Bonchev–Trinajstić information content (AvgIpc) is 2.85. The maximum absolute atomic E-state index is 13.9. The van der Waals surface area contributed by atoms with Crippen LogP contribution in [0.1, 0.15) is 12.8 Å². The Balaban J connectivity index is 1.92. The van der Waals surface area contributed by atoms with Crippen LogP contribution in [0.3, 0.4) is 0 Å². The molecule has 2 saturated heterocycles. The molecule has 2 heterocycles. The fourth-order valence-electron chi connectivity index (χ4n) is 3.11. The Bertz CT molecular complexity index is 600. The molecule has 0 bridgehead atoms. The third-order valence-electron chi connectivity index (χ3n) is 4.15. The van der Waals surface area contributed by atoms with Crippen LogP contribution < -0.4 is 5.73 Å². The highest BCUT2D eigenvalue weighted by Crippen LogP contribution is 2.29. The highest BCUT2D eigenvalue weighted by molar-refractivity contribution is 7.89. The molecule has 0 aliphatic carbocycles. The summed E-state index contributed by atoms with van der Waals surface area (Å²) in [6.07, 6.45) is 2.10. The largest absolute Gasteiger partial charge is 0.398 e. The van der Waals surface area contributed by atoms with Gasteiger partial charge in [0.05, 0.1) is 5.69 Å². The molecular weight excluding hydrogens is 281 g/mol. The number of nitrogens with zero attached hydrogens (tertiary/aromatic N) is 2. The minimum Gasteiger partial charge on any atom is -0.398 e. The fourth-order valence-corrected chi connectivity index (χ4v) is 4.74. The topological polar surface area (TPSA) is 66.6 Å². The number of nitrogens with two attached hydrogens (primary N) is 1. The van der Waals surface area contributed by atoms with Gasteiger partial charge >= 0.3 is 0 Å². The number of halogens is 1. The van der Waals surface area contributed by atoms with Crippen molar-refractivity contribution in [2.24, 2.45) is 0 Å². The summed E-state index contributed by atoms with van der Waals surface area (Å²) in [4.78, 5) is 1.92. The summed E-state index contributed by atoms with van der Waals surface area (Å²) in [5.41, 5.74) is 5.64. The highest BCUT2D eigenvalue weighted by atomic mass is 32.2. The Morgan fingerprint density at radius 3 is 2.80 bits per heavy atom. The Morgan fingerprint density at radius 2 is 2.05 bits per heavy atom. The summed E-state index contributed by atoms with van der Waals surface area (Å²) in [5.74, 6) is -0.779. The first-order valence-corrected chi connectivity index (χ1v) is 8.22. The smallest absolute Gasteiger partial charge is 0.248 e. The van der Waals surface area contributed by atoms with Gasteiger partial charge in [0.2, 0.25) is 10.0 Å². The normalized spacial score (nSPS) is 24.8. The van der Waals surface area contributed by atoms with Crippen molar-refractivity contribution in [3.63, 3.8) is 0 Å². The average molecular weight is 299 g/mol. The van der Waals surface area contributed by atoms with Crippen LogP contribution in [0.5, 0.6) is 0 Å². The van der Waals surface area contributed by atoms with Crippen LogP contribution in [-0.2, 0) is 10.0 Å². The minimum absolute atomic E-state index is 0.0288. The van der Waals surface area contributed by atoms with Crippen LogP contribution in [-0.4, -0.2) is 49.8 Å². The van der Waals surface area contributed by atoms with Crippen LogP contribution in [0, 0.1) is 5.82 Å². The Morgan fingerprint density at radius 1 is 1.25 bits per heavy atom. The van der Waals surface area contributed by atoms with E-state index in [-0.39, 0.29) is 16.6 Å². The van der Waals surface area contributed by atoms with Crippen molar-refractivity contribution in [3.8, 4) is 0 Å². The van der Waals surface area contributed by atoms with Crippen LogP contribution >= 0.6 is 0 Å². The second kappa shape index (κ2) is 4.98. The number of hydrogen-bond acceptors (Lipinski definition) is 4. The van der Waals surface area contributed by atoms with E-state index in [2.05, 4.69) is 4.90 Å². The molecule has 0 spiro atoms. The lowest BCUT2D eigenvalue weighted by atomic mass is 10.2. The molecule has 0 amide bonds. The van der Waals surface area contributed by atoms with E-state index in [0.29, 0.717) is 19.6 Å². The van der Waals surface area contributed by atoms with Gasteiger partial charge in [-0.25, -0.2) is 12.8 Å². The van der Waals surface area contributed by atoms with E-state index >= 15 is 0 Å². The third-order valence-corrected chi connectivity index (χ3v) is 6.10. The van der Waals surface area contributed by atoms with E-state index in [9.17, 15) is 12.8 Å². The molecule has 2 fully saturated rings. The molecule has 1 atom stereocenters. The summed E-state index contributed by atoms with van der Waals surface area (Å²) in [6.45, 7) is 2.56. The van der Waals surface area contributed by atoms with E-state index in [4.69, 9.17) is 5.73 Å². The molecule has 2 N–H and O–H groups in total. The summed E-state index contributed by atoms with van der Waals surface area (Å²) >= 11 is 0. The molecule has 7 heteroatoms. The molecule has 1 aromatic rings. The second-order valence-corrected chi connectivity index (χ2v) is 7.23. The van der Waals surface area contributed by atoms with Gasteiger partial charge in [0.1, 0.15) is 10.7 Å². The number of anilines is 1. The predicted molar refractivity (Wildman–Crippen MR) is 74.2 cm³/mol. The van der Waals surface area contributed by atoms with Gasteiger partial charge in [0, 0.05) is 25.7 Å². The van der Waals surface area contributed by atoms with Crippen LogP contribution in [0.25, 0.3) is 0 Å². The van der Waals surface area contributed by atoms with Crippen molar-refractivity contribution < 1.29 is 12.8 Å². The van der Waals surface area contributed by atoms with Gasteiger partial charge in [-0.15, -0.1) is 0 Å². The summed E-state index contributed by atoms with van der Waals surface area (Å²) in [5, 5.41) is 0. The molecule has 0 radical (unpaired) electrons. The predicted octanol–water partition coefficient (Wildman–Crippen LogP) is 0.877. The van der Waals surface area contributed by atoms with Crippen molar-refractivity contribution in [1.82, 2.24) is 9.21 Å². The molecule has 2 aliphatic heterocycles. The standard InChI is InChI=1S/C13H18FN3O2S/c14-11-4-1-5-12(15)13(11)20(18,19)17-8-7-16-6-2-3-10(16)9-17/h1,4-5,10H,2-3,6-9,15H2. The van der Waals surface area contributed by atoms with Gasteiger partial charge in [-0.2, -0.15) is 4.31 Å². The summed E-state index contributed by atoms with van der Waals surface area (Å²) < 4.78 is 40.5. The Hall–Kier alpha value is -1.18. The lowest BCUT2D eigenvalue weighted by Gasteiger charge is -2.36. The van der Waals surface area contributed by atoms with Crippen LogP contribution in [0.15, 0.2) is 23.1 Å². The van der Waals surface area contributed by atoms with E-state index in [0.717, 1.165) is 25.5 Å². The number of hydrogen-bond donors (Lipinski definition) is 1. The van der Waals surface area contributed by atoms with E-state index in [1.54, 1.807) is 0 Å². The zero-order chi connectivity index (χ0) is 14.3. The monoisotopic (exact) mass is 299 g/mol. The van der Waals surface area contributed by atoms with E-state index in [1.165, 1.54) is 16.4 Å². The first-order chi connectivity index (χ1) is 9.50. The van der Waals surface area contributed by atoms with Crippen LogP contribution in [0.4, 0.5) is 10.1 Å².